The minimum Gasteiger partial charge on any atom is -0.332 e. The van der Waals surface area contributed by atoms with Crippen molar-refractivity contribution in [2.45, 2.75) is 71.5 Å². The molecule has 0 saturated carbocycles. The zero-order valence-electron chi connectivity index (χ0n) is 14.9. The number of nitrogens with zero attached hydrogens (tertiary/aromatic N) is 6. The second-order valence-electron chi connectivity index (χ2n) is 7.20. The highest BCUT2D eigenvalue weighted by molar-refractivity contribution is 5.13. The molecule has 6 nitrogen and oxygen atoms in total. The summed E-state index contributed by atoms with van der Waals surface area (Å²) in [5, 5.41) is 8.46. The maximum atomic E-state index is 4.78. The van der Waals surface area contributed by atoms with Crippen LogP contribution in [0.15, 0.2) is 6.20 Å². The van der Waals surface area contributed by atoms with Gasteiger partial charge in [-0.05, 0) is 59.0 Å². The molecule has 0 atom stereocenters. The van der Waals surface area contributed by atoms with Crippen molar-refractivity contribution in [3.05, 3.63) is 29.1 Å². The standard InChI is InChI=1S/C18H28N6/c1-3-24-17(14(2)20-21-24)13-22-10-7-15(8-11-22)18-19-12-16-6-4-5-9-23(16)18/h12,15H,3-11,13H2,1-2H3. The second-order valence-corrected chi connectivity index (χ2v) is 7.20. The van der Waals surface area contributed by atoms with Gasteiger partial charge in [-0.1, -0.05) is 5.21 Å². The number of rotatable bonds is 4. The largest absolute Gasteiger partial charge is 0.332 e. The van der Waals surface area contributed by atoms with Crippen LogP contribution in [0.4, 0.5) is 0 Å². The Morgan fingerprint density at radius 2 is 2.00 bits per heavy atom. The van der Waals surface area contributed by atoms with Crippen molar-refractivity contribution in [3.8, 4) is 0 Å². The van der Waals surface area contributed by atoms with Gasteiger partial charge in [-0.25, -0.2) is 9.67 Å². The van der Waals surface area contributed by atoms with E-state index in [1.165, 1.54) is 55.9 Å². The van der Waals surface area contributed by atoms with Crippen LogP contribution in [0.1, 0.15) is 61.4 Å². The van der Waals surface area contributed by atoms with Gasteiger partial charge in [0.25, 0.3) is 0 Å². The van der Waals surface area contributed by atoms with Gasteiger partial charge in [0.05, 0.1) is 11.4 Å². The normalized spacial score (nSPS) is 19.6. The molecule has 0 spiro atoms. The third-order valence-corrected chi connectivity index (χ3v) is 5.69. The predicted molar refractivity (Wildman–Crippen MR) is 92.9 cm³/mol. The van der Waals surface area contributed by atoms with Gasteiger partial charge in [0.1, 0.15) is 5.82 Å². The average molecular weight is 328 g/mol. The van der Waals surface area contributed by atoms with E-state index in [-0.39, 0.29) is 0 Å². The molecule has 0 amide bonds. The molecule has 2 aliphatic rings. The first-order valence-electron chi connectivity index (χ1n) is 9.42. The third kappa shape index (κ3) is 2.88. The van der Waals surface area contributed by atoms with Crippen LogP contribution in [0.5, 0.6) is 0 Å². The van der Waals surface area contributed by atoms with E-state index in [0.717, 1.165) is 31.9 Å². The highest BCUT2D eigenvalue weighted by Crippen LogP contribution is 2.30. The molecule has 0 unspecified atom stereocenters. The van der Waals surface area contributed by atoms with Crippen LogP contribution in [0.25, 0.3) is 0 Å². The van der Waals surface area contributed by atoms with Crippen LogP contribution in [0.2, 0.25) is 0 Å². The molecule has 6 heteroatoms. The minimum atomic E-state index is 0.628. The molecular formula is C18H28N6. The summed E-state index contributed by atoms with van der Waals surface area (Å²) >= 11 is 0. The van der Waals surface area contributed by atoms with Crippen molar-refractivity contribution in [1.29, 1.82) is 0 Å². The topological polar surface area (TPSA) is 51.8 Å². The predicted octanol–water partition coefficient (Wildman–Crippen LogP) is 2.52. The Morgan fingerprint density at radius 1 is 1.17 bits per heavy atom. The first-order valence-corrected chi connectivity index (χ1v) is 9.42. The molecular weight excluding hydrogens is 300 g/mol. The smallest absolute Gasteiger partial charge is 0.112 e. The molecule has 0 aromatic carbocycles. The summed E-state index contributed by atoms with van der Waals surface area (Å²) in [5.41, 5.74) is 3.79. The van der Waals surface area contributed by atoms with Crippen molar-refractivity contribution in [1.82, 2.24) is 29.4 Å². The summed E-state index contributed by atoms with van der Waals surface area (Å²) in [4.78, 5) is 7.33. The monoisotopic (exact) mass is 328 g/mol. The number of likely N-dealkylation sites (tertiary alicyclic amines) is 1. The van der Waals surface area contributed by atoms with Crippen molar-refractivity contribution in [2.24, 2.45) is 0 Å². The zero-order valence-corrected chi connectivity index (χ0v) is 14.9. The maximum Gasteiger partial charge on any atom is 0.112 e. The second kappa shape index (κ2) is 6.67. The Morgan fingerprint density at radius 3 is 2.79 bits per heavy atom. The van der Waals surface area contributed by atoms with Gasteiger partial charge in [0.2, 0.25) is 0 Å². The molecule has 0 aliphatic carbocycles. The molecule has 1 fully saturated rings. The molecule has 0 N–H and O–H groups in total. The summed E-state index contributed by atoms with van der Waals surface area (Å²) in [6.45, 7) is 9.52. The number of aromatic nitrogens is 5. The van der Waals surface area contributed by atoms with Gasteiger partial charge in [0.15, 0.2) is 0 Å². The van der Waals surface area contributed by atoms with E-state index < -0.39 is 0 Å². The summed E-state index contributed by atoms with van der Waals surface area (Å²) < 4.78 is 4.54. The number of piperidine rings is 1. The van der Waals surface area contributed by atoms with Gasteiger partial charge in [-0.3, -0.25) is 4.90 Å². The molecule has 4 heterocycles. The molecule has 2 aromatic heterocycles. The van der Waals surface area contributed by atoms with Crippen molar-refractivity contribution < 1.29 is 0 Å². The quantitative estimate of drug-likeness (QED) is 0.865. The lowest BCUT2D eigenvalue weighted by atomic mass is 9.95. The van der Waals surface area contributed by atoms with Crippen LogP contribution in [0.3, 0.4) is 0 Å². The van der Waals surface area contributed by atoms with E-state index in [4.69, 9.17) is 4.98 Å². The molecule has 2 aromatic rings. The Hall–Kier alpha value is -1.69. The number of hydrogen-bond donors (Lipinski definition) is 0. The van der Waals surface area contributed by atoms with E-state index >= 15 is 0 Å². The lowest BCUT2D eigenvalue weighted by Gasteiger charge is -2.32. The fourth-order valence-electron chi connectivity index (χ4n) is 4.22. The Bertz CT molecular complexity index is 692. The van der Waals surface area contributed by atoms with Gasteiger partial charge in [0, 0.05) is 37.4 Å². The third-order valence-electron chi connectivity index (χ3n) is 5.69. The molecule has 2 aliphatic heterocycles. The van der Waals surface area contributed by atoms with Crippen molar-refractivity contribution in [3.63, 3.8) is 0 Å². The Balaban J connectivity index is 1.40. The van der Waals surface area contributed by atoms with Gasteiger partial charge >= 0.3 is 0 Å². The van der Waals surface area contributed by atoms with E-state index in [0.29, 0.717) is 5.92 Å². The van der Waals surface area contributed by atoms with E-state index in [2.05, 4.69) is 39.8 Å². The number of imidazole rings is 1. The van der Waals surface area contributed by atoms with Crippen LogP contribution < -0.4 is 0 Å². The molecule has 4 rings (SSSR count). The highest BCUT2D eigenvalue weighted by Gasteiger charge is 2.26. The van der Waals surface area contributed by atoms with Gasteiger partial charge < -0.3 is 4.57 Å². The summed E-state index contributed by atoms with van der Waals surface area (Å²) in [7, 11) is 0. The summed E-state index contributed by atoms with van der Waals surface area (Å²) in [6, 6.07) is 0. The van der Waals surface area contributed by atoms with Gasteiger partial charge in [-0.2, -0.15) is 0 Å². The molecule has 0 bridgehead atoms. The molecule has 0 radical (unpaired) electrons. The van der Waals surface area contributed by atoms with Crippen LogP contribution in [-0.2, 0) is 26.1 Å². The zero-order chi connectivity index (χ0) is 16.5. The first kappa shape index (κ1) is 15.8. The number of fused-ring (bicyclic) bond motifs is 1. The average Bonchev–Trinajstić information content (AvgIpc) is 3.20. The van der Waals surface area contributed by atoms with Crippen molar-refractivity contribution >= 4 is 0 Å². The Kier molecular flexibility index (Phi) is 4.39. The Labute approximate surface area is 143 Å². The first-order chi connectivity index (χ1) is 11.8. The minimum absolute atomic E-state index is 0.628. The lowest BCUT2D eigenvalue weighted by Crippen LogP contribution is -2.34. The van der Waals surface area contributed by atoms with Crippen LogP contribution in [-0.4, -0.2) is 42.5 Å². The fourth-order valence-corrected chi connectivity index (χ4v) is 4.22. The fraction of sp³-hybridized carbons (Fsp3) is 0.722. The summed E-state index contributed by atoms with van der Waals surface area (Å²) in [5.74, 6) is 1.98. The molecule has 130 valence electrons. The SMILES string of the molecule is CCn1nnc(C)c1CN1CCC(c2ncc3n2CCCC3)CC1. The van der Waals surface area contributed by atoms with Gasteiger partial charge in [-0.15, -0.1) is 5.10 Å². The highest BCUT2D eigenvalue weighted by atomic mass is 15.4. The number of hydrogen-bond acceptors (Lipinski definition) is 4. The van der Waals surface area contributed by atoms with E-state index in [9.17, 15) is 0 Å². The van der Waals surface area contributed by atoms with E-state index in [1.807, 2.05) is 4.68 Å². The van der Waals surface area contributed by atoms with Crippen LogP contribution >= 0.6 is 0 Å². The van der Waals surface area contributed by atoms with E-state index in [1.54, 1.807) is 0 Å². The summed E-state index contributed by atoms with van der Waals surface area (Å²) in [6.07, 6.45) is 8.38. The van der Waals surface area contributed by atoms with Crippen LogP contribution in [0, 0.1) is 6.92 Å². The molecule has 24 heavy (non-hydrogen) atoms. The lowest BCUT2D eigenvalue weighted by molar-refractivity contribution is 0.194. The van der Waals surface area contributed by atoms with Crippen molar-refractivity contribution in [2.75, 3.05) is 13.1 Å². The maximum absolute atomic E-state index is 4.78. The molecule has 1 saturated heterocycles. The number of aryl methyl sites for hydroxylation is 3.